The summed E-state index contributed by atoms with van der Waals surface area (Å²) < 4.78 is 12.9. The molecule has 1 aliphatic heterocycles. The summed E-state index contributed by atoms with van der Waals surface area (Å²) in [5.74, 6) is -0.268. The second-order valence-corrected chi connectivity index (χ2v) is 7.44. The van der Waals surface area contributed by atoms with Gasteiger partial charge in [-0.1, -0.05) is 18.2 Å². The third-order valence-electron chi connectivity index (χ3n) is 5.36. The molecule has 1 saturated heterocycles. The van der Waals surface area contributed by atoms with Crippen LogP contribution in [0.2, 0.25) is 0 Å². The monoisotopic (exact) mass is 382 g/mol. The Hall–Kier alpha value is -2.53. The number of Topliss-reactive ketones (excluding diaryl/α,β-unsaturated/α-hetero) is 1. The van der Waals surface area contributed by atoms with Crippen molar-refractivity contribution in [1.29, 1.82) is 0 Å². The van der Waals surface area contributed by atoms with Crippen LogP contribution in [0, 0.1) is 12.7 Å². The Morgan fingerprint density at radius 2 is 1.75 bits per heavy atom. The van der Waals surface area contributed by atoms with Crippen LogP contribution in [0.5, 0.6) is 0 Å². The van der Waals surface area contributed by atoms with Crippen LogP contribution in [-0.2, 0) is 0 Å². The van der Waals surface area contributed by atoms with Crippen molar-refractivity contribution in [2.45, 2.75) is 38.6 Å². The number of amides is 1. The fourth-order valence-corrected chi connectivity index (χ4v) is 3.64. The summed E-state index contributed by atoms with van der Waals surface area (Å²) in [6.07, 6.45) is 3.10. The minimum absolute atomic E-state index is 0.00134. The highest BCUT2D eigenvalue weighted by Gasteiger charge is 2.21. The van der Waals surface area contributed by atoms with Gasteiger partial charge in [0.25, 0.3) is 5.91 Å². The van der Waals surface area contributed by atoms with Crippen molar-refractivity contribution in [2.24, 2.45) is 0 Å². The van der Waals surface area contributed by atoms with Crippen molar-refractivity contribution in [1.82, 2.24) is 10.2 Å². The van der Waals surface area contributed by atoms with Gasteiger partial charge in [-0.05, 0) is 68.6 Å². The molecule has 28 heavy (non-hydrogen) atoms. The van der Waals surface area contributed by atoms with E-state index >= 15 is 0 Å². The van der Waals surface area contributed by atoms with Crippen LogP contribution in [0.15, 0.2) is 48.5 Å². The fraction of sp³-hybridized carbons (Fsp3) is 0.391. The van der Waals surface area contributed by atoms with Crippen LogP contribution in [0.1, 0.15) is 52.0 Å². The van der Waals surface area contributed by atoms with E-state index in [-0.39, 0.29) is 23.5 Å². The van der Waals surface area contributed by atoms with Gasteiger partial charge in [0.15, 0.2) is 5.78 Å². The smallest absolute Gasteiger partial charge is 0.251 e. The number of nitrogens with zero attached hydrogens (tertiary/aromatic N) is 1. The van der Waals surface area contributed by atoms with Crippen LogP contribution in [0.25, 0.3) is 0 Å². The molecule has 4 nitrogen and oxygen atoms in total. The number of ketones is 1. The summed E-state index contributed by atoms with van der Waals surface area (Å²) in [7, 11) is 0. The van der Waals surface area contributed by atoms with E-state index in [0.717, 1.165) is 50.0 Å². The van der Waals surface area contributed by atoms with Gasteiger partial charge in [0.05, 0.1) is 0 Å². The molecule has 2 aromatic carbocycles. The normalized spacial score (nSPS) is 15.4. The summed E-state index contributed by atoms with van der Waals surface area (Å²) in [5, 5.41) is 3.15. The van der Waals surface area contributed by atoms with Crippen molar-refractivity contribution in [2.75, 3.05) is 19.6 Å². The van der Waals surface area contributed by atoms with E-state index in [9.17, 15) is 14.0 Å². The van der Waals surface area contributed by atoms with Gasteiger partial charge in [0.1, 0.15) is 5.82 Å². The number of piperidine rings is 1. The highest BCUT2D eigenvalue weighted by atomic mass is 19.1. The third-order valence-corrected chi connectivity index (χ3v) is 5.36. The first-order valence-corrected chi connectivity index (χ1v) is 9.90. The average Bonchev–Trinajstić information content (AvgIpc) is 2.70. The van der Waals surface area contributed by atoms with E-state index in [4.69, 9.17) is 0 Å². The molecule has 0 saturated carbocycles. The first kappa shape index (κ1) is 20.2. The molecular formula is C23H27FN2O2. The number of rotatable bonds is 7. The van der Waals surface area contributed by atoms with Crippen molar-refractivity contribution in [3.05, 3.63) is 71.0 Å². The lowest BCUT2D eigenvalue weighted by Crippen LogP contribution is -2.45. The van der Waals surface area contributed by atoms with Crippen molar-refractivity contribution in [3.63, 3.8) is 0 Å². The second-order valence-electron chi connectivity index (χ2n) is 7.44. The van der Waals surface area contributed by atoms with Gasteiger partial charge in [0, 0.05) is 36.7 Å². The topological polar surface area (TPSA) is 49.4 Å². The average molecular weight is 382 g/mol. The number of likely N-dealkylation sites (tertiary alicyclic amines) is 1. The van der Waals surface area contributed by atoms with E-state index in [0.29, 0.717) is 12.0 Å². The Morgan fingerprint density at radius 3 is 2.43 bits per heavy atom. The number of carbonyl (C=O) groups is 2. The largest absolute Gasteiger partial charge is 0.349 e. The third kappa shape index (κ3) is 5.49. The number of hydrogen-bond donors (Lipinski definition) is 1. The Balaban J connectivity index is 1.37. The van der Waals surface area contributed by atoms with Crippen molar-refractivity contribution >= 4 is 11.7 Å². The number of aryl methyl sites for hydroxylation is 1. The molecule has 2 aromatic rings. The second kappa shape index (κ2) is 9.60. The summed E-state index contributed by atoms with van der Waals surface area (Å²) in [4.78, 5) is 26.9. The van der Waals surface area contributed by atoms with Crippen LogP contribution < -0.4 is 5.32 Å². The summed E-state index contributed by atoms with van der Waals surface area (Å²) in [6, 6.07) is 13.6. The molecule has 5 heteroatoms. The zero-order chi connectivity index (χ0) is 19.9. The van der Waals surface area contributed by atoms with Gasteiger partial charge in [0.2, 0.25) is 0 Å². The molecule has 0 aliphatic carbocycles. The summed E-state index contributed by atoms with van der Waals surface area (Å²) in [6.45, 7) is 4.66. The molecule has 0 unspecified atom stereocenters. The van der Waals surface area contributed by atoms with E-state index in [1.807, 2.05) is 31.2 Å². The highest BCUT2D eigenvalue weighted by Crippen LogP contribution is 2.14. The maximum absolute atomic E-state index is 12.9. The number of benzene rings is 2. The standard InChI is InChI=1S/C23H27FN2O2/c1-17-5-2-3-6-21(17)23(28)25-20-12-15-26(16-13-20)14-4-7-22(27)18-8-10-19(24)11-9-18/h2-3,5-6,8-11,20H,4,7,12-16H2,1H3,(H,25,28). The molecule has 0 aromatic heterocycles. The zero-order valence-electron chi connectivity index (χ0n) is 16.3. The first-order valence-electron chi connectivity index (χ1n) is 9.90. The minimum Gasteiger partial charge on any atom is -0.349 e. The predicted molar refractivity (Wildman–Crippen MR) is 108 cm³/mol. The highest BCUT2D eigenvalue weighted by molar-refractivity contribution is 5.96. The summed E-state index contributed by atoms with van der Waals surface area (Å²) in [5.41, 5.74) is 2.30. The molecule has 0 spiro atoms. The fourth-order valence-electron chi connectivity index (χ4n) is 3.64. The molecule has 0 bridgehead atoms. The number of nitrogens with one attached hydrogen (secondary N) is 1. The van der Waals surface area contributed by atoms with E-state index < -0.39 is 0 Å². The van der Waals surface area contributed by atoms with Crippen LogP contribution in [0.3, 0.4) is 0 Å². The van der Waals surface area contributed by atoms with Crippen molar-refractivity contribution in [3.8, 4) is 0 Å². The van der Waals surface area contributed by atoms with Crippen LogP contribution in [-0.4, -0.2) is 42.3 Å². The Kier molecular flexibility index (Phi) is 6.93. The Bertz CT molecular complexity index is 812. The number of hydrogen-bond acceptors (Lipinski definition) is 3. The molecule has 1 heterocycles. The van der Waals surface area contributed by atoms with Crippen LogP contribution in [0.4, 0.5) is 4.39 Å². The molecule has 0 atom stereocenters. The molecule has 148 valence electrons. The first-order chi connectivity index (χ1) is 13.5. The number of halogens is 1. The quantitative estimate of drug-likeness (QED) is 0.737. The maximum atomic E-state index is 12.9. The Morgan fingerprint density at radius 1 is 1.07 bits per heavy atom. The van der Waals surface area contributed by atoms with E-state index in [1.54, 1.807) is 12.1 Å². The Labute approximate surface area is 165 Å². The lowest BCUT2D eigenvalue weighted by Gasteiger charge is -2.32. The zero-order valence-corrected chi connectivity index (χ0v) is 16.3. The molecule has 1 aliphatic rings. The van der Waals surface area contributed by atoms with Gasteiger partial charge >= 0.3 is 0 Å². The van der Waals surface area contributed by atoms with E-state index in [1.165, 1.54) is 12.1 Å². The molecule has 1 N–H and O–H groups in total. The van der Waals surface area contributed by atoms with Crippen molar-refractivity contribution < 1.29 is 14.0 Å². The van der Waals surface area contributed by atoms with Gasteiger partial charge in [-0.25, -0.2) is 4.39 Å². The minimum atomic E-state index is -0.325. The number of carbonyl (C=O) groups excluding carboxylic acids is 2. The molecule has 3 rings (SSSR count). The molecular weight excluding hydrogens is 355 g/mol. The SMILES string of the molecule is Cc1ccccc1C(=O)NC1CCN(CCCC(=O)c2ccc(F)cc2)CC1. The molecule has 1 fully saturated rings. The van der Waals surface area contributed by atoms with Gasteiger partial charge in [-0.2, -0.15) is 0 Å². The lowest BCUT2D eigenvalue weighted by atomic mass is 10.0. The maximum Gasteiger partial charge on any atom is 0.251 e. The van der Waals surface area contributed by atoms with Gasteiger partial charge in [-0.15, -0.1) is 0 Å². The predicted octanol–water partition coefficient (Wildman–Crippen LogP) is 3.99. The molecule has 1 amide bonds. The van der Waals surface area contributed by atoms with Gasteiger partial charge < -0.3 is 10.2 Å². The van der Waals surface area contributed by atoms with E-state index in [2.05, 4.69) is 10.2 Å². The summed E-state index contributed by atoms with van der Waals surface area (Å²) >= 11 is 0. The molecule has 0 radical (unpaired) electrons. The lowest BCUT2D eigenvalue weighted by molar-refractivity contribution is 0.0902. The van der Waals surface area contributed by atoms with Gasteiger partial charge in [-0.3, -0.25) is 9.59 Å². The van der Waals surface area contributed by atoms with Crippen LogP contribution >= 0.6 is 0 Å².